The van der Waals surface area contributed by atoms with Crippen LogP contribution in [0.15, 0.2) is 22.7 Å². The molecular formula is C10H13BrO. The SMILES string of the molecule is CCc1cc(Br)cc(COC)c1. The topological polar surface area (TPSA) is 9.23 Å². The van der Waals surface area contributed by atoms with E-state index in [0.717, 1.165) is 10.9 Å². The van der Waals surface area contributed by atoms with Crippen molar-refractivity contribution in [2.45, 2.75) is 20.0 Å². The fraction of sp³-hybridized carbons (Fsp3) is 0.400. The van der Waals surface area contributed by atoms with Gasteiger partial charge in [-0.2, -0.15) is 0 Å². The van der Waals surface area contributed by atoms with Crippen LogP contribution in [0.25, 0.3) is 0 Å². The predicted octanol–water partition coefficient (Wildman–Crippen LogP) is 3.16. The van der Waals surface area contributed by atoms with Crippen molar-refractivity contribution in [2.24, 2.45) is 0 Å². The lowest BCUT2D eigenvalue weighted by Gasteiger charge is -2.03. The average molecular weight is 229 g/mol. The standard InChI is InChI=1S/C10H13BrO/c1-3-8-4-9(7-12-2)6-10(11)5-8/h4-6H,3,7H2,1-2H3. The minimum absolute atomic E-state index is 0.687. The molecule has 1 rings (SSSR count). The summed E-state index contributed by atoms with van der Waals surface area (Å²) in [6.07, 6.45) is 1.07. The normalized spacial score (nSPS) is 10.2. The van der Waals surface area contributed by atoms with E-state index in [9.17, 15) is 0 Å². The average Bonchev–Trinajstić information content (AvgIpc) is 2.04. The maximum Gasteiger partial charge on any atom is 0.0713 e. The Morgan fingerprint density at radius 1 is 1.25 bits per heavy atom. The summed E-state index contributed by atoms with van der Waals surface area (Å²) in [5.41, 5.74) is 2.57. The fourth-order valence-corrected chi connectivity index (χ4v) is 1.76. The molecule has 0 unspecified atom stereocenters. The van der Waals surface area contributed by atoms with E-state index in [1.807, 2.05) is 0 Å². The number of halogens is 1. The monoisotopic (exact) mass is 228 g/mol. The quantitative estimate of drug-likeness (QED) is 0.773. The molecule has 2 heteroatoms. The van der Waals surface area contributed by atoms with E-state index in [0.29, 0.717) is 6.61 Å². The van der Waals surface area contributed by atoms with Gasteiger partial charge < -0.3 is 4.74 Å². The molecule has 0 radical (unpaired) electrons. The Balaban J connectivity index is 2.90. The molecular weight excluding hydrogens is 216 g/mol. The van der Waals surface area contributed by atoms with Crippen LogP contribution in [-0.2, 0) is 17.8 Å². The molecule has 0 aliphatic heterocycles. The van der Waals surface area contributed by atoms with Crippen molar-refractivity contribution in [3.05, 3.63) is 33.8 Å². The highest BCUT2D eigenvalue weighted by molar-refractivity contribution is 9.10. The summed E-state index contributed by atoms with van der Waals surface area (Å²) in [6, 6.07) is 6.40. The third-order valence-corrected chi connectivity index (χ3v) is 2.19. The number of hydrogen-bond acceptors (Lipinski definition) is 1. The van der Waals surface area contributed by atoms with Gasteiger partial charge in [0, 0.05) is 11.6 Å². The van der Waals surface area contributed by atoms with Crippen molar-refractivity contribution < 1.29 is 4.74 Å². The summed E-state index contributed by atoms with van der Waals surface area (Å²) in [4.78, 5) is 0. The van der Waals surface area contributed by atoms with Gasteiger partial charge in [0.15, 0.2) is 0 Å². The molecule has 1 aromatic carbocycles. The van der Waals surface area contributed by atoms with Gasteiger partial charge in [0.2, 0.25) is 0 Å². The third-order valence-electron chi connectivity index (χ3n) is 1.74. The molecule has 0 bridgehead atoms. The molecule has 0 atom stereocenters. The lowest BCUT2D eigenvalue weighted by molar-refractivity contribution is 0.185. The first-order valence-electron chi connectivity index (χ1n) is 4.03. The molecule has 0 saturated heterocycles. The van der Waals surface area contributed by atoms with Crippen LogP contribution >= 0.6 is 15.9 Å². The van der Waals surface area contributed by atoms with Crippen LogP contribution < -0.4 is 0 Å². The maximum absolute atomic E-state index is 5.06. The van der Waals surface area contributed by atoms with Gasteiger partial charge in [0.25, 0.3) is 0 Å². The molecule has 0 heterocycles. The highest BCUT2D eigenvalue weighted by Crippen LogP contribution is 2.16. The van der Waals surface area contributed by atoms with E-state index in [2.05, 4.69) is 41.1 Å². The van der Waals surface area contributed by atoms with Crippen LogP contribution in [0.2, 0.25) is 0 Å². The molecule has 0 spiro atoms. The first kappa shape index (κ1) is 9.75. The van der Waals surface area contributed by atoms with Crippen LogP contribution in [0.1, 0.15) is 18.1 Å². The zero-order valence-corrected chi connectivity index (χ0v) is 9.02. The van der Waals surface area contributed by atoms with Crippen LogP contribution in [0.3, 0.4) is 0 Å². The molecule has 1 nitrogen and oxygen atoms in total. The molecule has 0 fully saturated rings. The zero-order valence-electron chi connectivity index (χ0n) is 7.43. The van der Waals surface area contributed by atoms with E-state index in [4.69, 9.17) is 4.74 Å². The highest BCUT2D eigenvalue weighted by Gasteiger charge is 1.97. The van der Waals surface area contributed by atoms with E-state index < -0.39 is 0 Å². The smallest absolute Gasteiger partial charge is 0.0713 e. The summed E-state index contributed by atoms with van der Waals surface area (Å²) < 4.78 is 6.19. The first-order chi connectivity index (χ1) is 5.76. The van der Waals surface area contributed by atoms with Gasteiger partial charge in [0.1, 0.15) is 0 Å². The summed E-state index contributed by atoms with van der Waals surface area (Å²) in [5, 5.41) is 0. The van der Waals surface area contributed by atoms with Crippen LogP contribution in [0.4, 0.5) is 0 Å². The van der Waals surface area contributed by atoms with Crippen LogP contribution in [0.5, 0.6) is 0 Å². The van der Waals surface area contributed by atoms with Gasteiger partial charge in [-0.3, -0.25) is 0 Å². The zero-order chi connectivity index (χ0) is 8.97. The second-order valence-electron chi connectivity index (χ2n) is 2.75. The minimum Gasteiger partial charge on any atom is -0.380 e. The van der Waals surface area contributed by atoms with Crippen molar-refractivity contribution in [3.8, 4) is 0 Å². The third kappa shape index (κ3) is 2.61. The summed E-state index contributed by atoms with van der Waals surface area (Å²) in [7, 11) is 1.71. The molecule has 0 N–H and O–H groups in total. The molecule has 0 aliphatic carbocycles. The Morgan fingerprint density at radius 2 is 1.92 bits per heavy atom. The van der Waals surface area contributed by atoms with Crippen molar-refractivity contribution in [1.82, 2.24) is 0 Å². The van der Waals surface area contributed by atoms with E-state index in [-0.39, 0.29) is 0 Å². The van der Waals surface area contributed by atoms with Gasteiger partial charge in [-0.15, -0.1) is 0 Å². The molecule has 0 aliphatic rings. The lowest BCUT2D eigenvalue weighted by atomic mass is 10.1. The largest absolute Gasteiger partial charge is 0.380 e. The Hall–Kier alpha value is -0.340. The van der Waals surface area contributed by atoms with Gasteiger partial charge in [0.05, 0.1) is 6.61 Å². The van der Waals surface area contributed by atoms with E-state index in [1.54, 1.807) is 7.11 Å². The first-order valence-corrected chi connectivity index (χ1v) is 4.83. The van der Waals surface area contributed by atoms with Crippen molar-refractivity contribution >= 4 is 15.9 Å². The summed E-state index contributed by atoms with van der Waals surface area (Å²) in [6.45, 7) is 2.84. The molecule has 66 valence electrons. The fourth-order valence-electron chi connectivity index (χ4n) is 1.17. The number of hydrogen-bond donors (Lipinski definition) is 0. The number of aryl methyl sites for hydroxylation is 1. The molecule has 12 heavy (non-hydrogen) atoms. The maximum atomic E-state index is 5.06. The van der Waals surface area contributed by atoms with Gasteiger partial charge >= 0.3 is 0 Å². The molecule has 0 saturated carbocycles. The Labute approximate surface area is 81.9 Å². The number of benzene rings is 1. The Kier molecular flexibility index (Phi) is 3.76. The van der Waals surface area contributed by atoms with Gasteiger partial charge in [-0.25, -0.2) is 0 Å². The van der Waals surface area contributed by atoms with Crippen LogP contribution in [0, 0.1) is 0 Å². The summed E-state index contributed by atoms with van der Waals surface area (Å²) in [5.74, 6) is 0. The lowest BCUT2D eigenvalue weighted by Crippen LogP contribution is -1.90. The van der Waals surface area contributed by atoms with Crippen molar-refractivity contribution in [1.29, 1.82) is 0 Å². The second kappa shape index (κ2) is 4.63. The van der Waals surface area contributed by atoms with Crippen LogP contribution in [-0.4, -0.2) is 7.11 Å². The van der Waals surface area contributed by atoms with Crippen molar-refractivity contribution in [2.75, 3.05) is 7.11 Å². The minimum atomic E-state index is 0.687. The Bertz CT molecular complexity index is 258. The molecule has 0 aromatic heterocycles. The number of ether oxygens (including phenoxy) is 1. The van der Waals surface area contributed by atoms with E-state index >= 15 is 0 Å². The Morgan fingerprint density at radius 3 is 2.50 bits per heavy atom. The van der Waals surface area contributed by atoms with E-state index in [1.165, 1.54) is 11.1 Å². The number of methoxy groups -OCH3 is 1. The molecule has 1 aromatic rings. The second-order valence-corrected chi connectivity index (χ2v) is 3.67. The predicted molar refractivity (Wildman–Crippen MR) is 54.2 cm³/mol. The van der Waals surface area contributed by atoms with Crippen molar-refractivity contribution in [3.63, 3.8) is 0 Å². The van der Waals surface area contributed by atoms with Gasteiger partial charge in [-0.05, 0) is 29.7 Å². The van der Waals surface area contributed by atoms with Gasteiger partial charge in [-0.1, -0.05) is 28.9 Å². The summed E-state index contributed by atoms with van der Waals surface area (Å²) >= 11 is 3.47. The number of rotatable bonds is 3. The highest BCUT2D eigenvalue weighted by atomic mass is 79.9. The molecule has 0 amide bonds.